The fraction of sp³-hybridized carbons (Fsp3) is 0.556. The fourth-order valence-electron chi connectivity index (χ4n) is 5.09. The number of benzene rings is 2. The minimum atomic E-state index is -0.546. The number of unbranched alkanes of at least 4 members (excludes halogenated alkanes) is 3. The molecule has 0 aliphatic heterocycles. The number of furan rings is 1. The van der Waals surface area contributed by atoms with Crippen LogP contribution < -0.4 is 4.74 Å². The summed E-state index contributed by atoms with van der Waals surface area (Å²) in [5, 5.41) is 11.1. The van der Waals surface area contributed by atoms with Crippen molar-refractivity contribution in [1.29, 1.82) is 0 Å². The van der Waals surface area contributed by atoms with Gasteiger partial charge in [0.2, 0.25) is 0 Å². The molecule has 1 aromatic heterocycles. The molecule has 3 rings (SSSR count). The van der Waals surface area contributed by atoms with E-state index in [1.165, 1.54) is 25.7 Å². The van der Waals surface area contributed by atoms with Crippen molar-refractivity contribution >= 4 is 22.7 Å². The zero-order valence-corrected chi connectivity index (χ0v) is 26.8. The number of esters is 1. The predicted molar refractivity (Wildman–Crippen MR) is 172 cm³/mol. The Hall–Kier alpha value is -3.16. The number of rotatable bonds is 20. The average molecular weight is 594 g/mol. The lowest BCUT2D eigenvalue weighted by Crippen LogP contribution is -2.28. The van der Waals surface area contributed by atoms with Crippen molar-refractivity contribution < 1.29 is 28.6 Å². The van der Waals surface area contributed by atoms with Crippen molar-refractivity contribution in [3.63, 3.8) is 0 Å². The molecule has 0 bridgehead atoms. The van der Waals surface area contributed by atoms with Gasteiger partial charge in [-0.1, -0.05) is 40.0 Å². The molecule has 43 heavy (non-hydrogen) atoms. The Morgan fingerprint density at radius 2 is 1.49 bits per heavy atom. The largest absolute Gasteiger partial charge is 0.491 e. The standard InChI is InChI=1S/C36H51NO6/c1-6-9-14-33-34(31-24-28(17-20-32(31)43-33)36(40)42-26(4)5)35(39)27-15-18-30(19-16-27)41-25-29(38)13-12-23-37(21-10-7-2)22-11-8-3/h15-20,24,26,29,38H,6-14,21-23,25H2,1-5H3. The Balaban J connectivity index is 1.65. The first kappa shape index (κ1) is 34.3. The molecule has 7 heteroatoms. The zero-order valence-electron chi connectivity index (χ0n) is 26.8. The van der Waals surface area contributed by atoms with Crippen LogP contribution in [0.2, 0.25) is 0 Å². The van der Waals surface area contributed by atoms with Gasteiger partial charge in [-0.3, -0.25) is 4.79 Å². The molecule has 0 aliphatic rings. The molecule has 0 radical (unpaired) electrons. The highest BCUT2D eigenvalue weighted by molar-refractivity contribution is 6.17. The second-order valence-corrected chi connectivity index (χ2v) is 11.7. The van der Waals surface area contributed by atoms with Gasteiger partial charge in [0.15, 0.2) is 5.78 Å². The van der Waals surface area contributed by atoms with Crippen LogP contribution in [0.25, 0.3) is 11.0 Å². The summed E-state index contributed by atoms with van der Waals surface area (Å²) >= 11 is 0. The molecule has 1 atom stereocenters. The quantitative estimate of drug-likeness (QED) is 0.105. The second-order valence-electron chi connectivity index (χ2n) is 11.7. The van der Waals surface area contributed by atoms with E-state index < -0.39 is 12.1 Å². The maximum Gasteiger partial charge on any atom is 0.338 e. The van der Waals surface area contributed by atoms with E-state index >= 15 is 0 Å². The molecule has 236 valence electrons. The number of fused-ring (bicyclic) bond motifs is 1. The number of ketones is 1. The molecule has 0 fully saturated rings. The van der Waals surface area contributed by atoms with E-state index in [4.69, 9.17) is 13.9 Å². The number of hydrogen-bond donors (Lipinski definition) is 1. The Morgan fingerprint density at radius 3 is 2.12 bits per heavy atom. The lowest BCUT2D eigenvalue weighted by molar-refractivity contribution is 0.0378. The van der Waals surface area contributed by atoms with E-state index in [9.17, 15) is 14.7 Å². The van der Waals surface area contributed by atoms with Crippen molar-refractivity contribution in [2.75, 3.05) is 26.2 Å². The topological polar surface area (TPSA) is 89.2 Å². The van der Waals surface area contributed by atoms with Crippen LogP contribution in [0.4, 0.5) is 0 Å². The summed E-state index contributed by atoms with van der Waals surface area (Å²) in [7, 11) is 0. The van der Waals surface area contributed by atoms with Crippen LogP contribution in [-0.4, -0.2) is 60.2 Å². The van der Waals surface area contributed by atoms with E-state index in [0.29, 0.717) is 52.0 Å². The monoisotopic (exact) mass is 593 g/mol. The summed E-state index contributed by atoms with van der Waals surface area (Å²) < 4.78 is 17.3. The van der Waals surface area contributed by atoms with Gasteiger partial charge in [0.1, 0.15) is 23.7 Å². The maximum atomic E-state index is 13.8. The Morgan fingerprint density at radius 1 is 0.860 bits per heavy atom. The smallest absolute Gasteiger partial charge is 0.338 e. The molecule has 0 spiro atoms. The van der Waals surface area contributed by atoms with Crippen LogP contribution in [0.5, 0.6) is 5.75 Å². The third kappa shape index (κ3) is 10.5. The van der Waals surface area contributed by atoms with Gasteiger partial charge >= 0.3 is 5.97 Å². The Kier molecular flexibility index (Phi) is 14.2. The molecule has 0 saturated carbocycles. The number of aliphatic hydroxyl groups excluding tert-OH is 1. The lowest BCUT2D eigenvalue weighted by Gasteiger charge is -2.22. The highest BCUT2D eigenvalue weighted by Crippen LogP contribution is 2.31. The number of ether oxygens (including phenoxy) is 2. The molecule has 0 aliphatic carbocycles. The average Bonchev–Trinajstić information content (AvgIpc) is 3.37. The number of carbonyl (C=O) groups excluding carboxylic acids is 2. The van der Waals surface area contributed by atoms with Gasteiger partial charge in [0, 0.05) is 17.4 Å². The first-order chi connectivity index (χ1) is 20.8. The molecule has 1 N–H and O–H groups in total. The summed E-state index contributed by atoms with van der Waals surface area (Å²) in [5.74, 6) is 0.634. The number of aliphatic hydroxyl groups is 1. The molecular formula is C36H51NO6. The first-order valence-electron chi connectivity index (χ1n) is 16.2. The van der Waals surface area contributed by atoms with Gasteiger partial charge in [-0.2, -0.15) is 0 Å². The van der Waals surface area contributed by atoms with E-state index in [-0.39, 0.29) is 18.5 Å². The van der Waals surface area contributed by atoms with E-state index in [1.54, 1.807) is 56.3 Å². The maximum absolute atomic E-state index is 13.8. The Bertz CT molecular complexity index is 1270. The van der Waals surface area contributed by atoms with Crippen LogP contribution in [0.15, 0.2) is 46.9 Å². The van der Waals surface area contributed by atoms with Crippen LogP contribution in [0, 0.1) is 0 Å². The summed E-state index contributed by atoms with van der Waals surface area (Å²) in [6.07, 6.45) is 8.10. The van der Waals surface area contributed by atoms with Gasteiger partial charge in [-0.15, -0.1) is 0 Å². The van der Waals surface area contributed by atoms with Crippen molar-refractivity contribution in [1.82, 2.24) is 4.90 Å². The number of aryl methyl sites for hydroxylation is 1. The molecule has 1 unspecified atom stereocenters. The molecule has 1 heterocycles. The van der Waals surface area contributed by atoms with Gasteiger partial charge in [-0.25, -0.2) is 4.79 Å². The summed E-state index contributed by atoms with van der Waals surface area (Å²) in [5.41, 5.74) is 1.94. The molecule has 3 aromatic rings. The van der Waals surface area contributed by atoms with E-state index in [2.05, 4.69) is 25.7 Å². The van der Waals surface area contributed by atoms with Crippen LogP contribution in [0.3, 0.4) is 0 Å². The number of nitrogens with zero attached hydrogens (tertiary/aromatic N) is 1. The lowest BCUT2D eigenvalue weighted by atomic mass is 9.97. The summed E-state index contributed by atoms with van der Waals surface area (Å²) in [6, 6.07) is 12.1. The molecule has 0 amide bonds. The van der Waals surface area contributed by atoms with Crippen LogP contribution in [0.1, 0.15) is 118 Å². The predicted octanol–water partition coefficient (Wildman–Crippen LogP) is 7.99. The van der Waals surface area contributed by atoms with Gasteiger partial charge in [0.25, 0.3) is 0 Å². The number of hydrogen-bond acceptors (Lipinski definition) is 7. The van der Waals surface area contributed by atoms with Crippen LogP contribution in [-0.2, 0) is 11.2 Å². The zero-order chi connectivity index (χ0) is 31.2. The highest BCUT2D eigenvalue weighted by Gasteiger charge is 2.23. The minimum absolute atomic E-state index is 0.165. The molecule has 2 aromatic carbocycles. The molecule has 7 nitrogen and oxygen atoms in total. The van der Waals surface area contributed by atoms with Crippen molar-refractivity contribution in [2.45, 2.75) is 105 Å². The molecular weight excluding hydrogens is 542 g/mol. The first-order valence-corrected chi connectivity index (χ1v) is 16.2. The van der Waals surface area contributed by atoms with Gasteiger partial charge in [0.05, 0.1) is 23.3 Å². The van der Waals surface area contributed by atoms with Crippen molar-refractivity contribution in [3.8, 4) is 5.75 Å². The SMILES string of the molecule is CCCCc1oc2ccc(C(=O)OC(C)C)cc2c1C(=O)c1ccc(OCC(O)CCCN(CCCC)CCCC)cc1. The normalized spacial score (nSPS) is 12.3. The summed E-state index contributed by atoms with van der Waals surface area (Å²) in [6.45, 7) is 13.6. The second kappa shape index (κ2) is 17.8. The Labute approximate surface area is 257 Å². The van der Waals surface area contributed by atoms with E-state index in [1.807, 2.05) is 0 Å². The van der Waals surface area contributed by atoms with Crippen LogP contribution >= 0.6 is 0 Å². The number of carbonyl (C=O) groups is 2. The molecule has 0 saturated heterocycles. The van der Waals surface area contributed by atoms with Gasteiger partial charge < -0.3 is 23.9 Å². The van der Waals surface area contributed by atoms with E-state index in [0.717, 1.165) is 38.9 Å². The fourth-order valence-corrected chi connectivity index (χ4v) is 5.09. The minimum Gasteiger partial charge on any atom is -0.491 e. The van der Waals surface area contributed by atoms with Crippen molar-refractivity contribution in [2.24, 2.45) is 0 Å². The highest BCUT2D eigenvalue weighted by atomic mass is 16.5. The van der Waals surface area contributed by atoms with Crippen molar-refractivity contribution in [3.05, 3.63) is 64.9 Å². The third-order valence-corrected chi connectivity index (χ3v) is 7.55. The summed E-state index contributed by atoms with van der Waals surface area (Å²) in [4.78, 5) is 28.9. The third-order valence-electron chi connectivity index (χ3n) is 7.55. The van der Waals surface area contributed by atoms with Gasteiger partial charge in [-0.05, 0) is 108 Å².